The molecule has 3 nitrogen and oxygen atoms in total. The summed E-state index contributed by atoms with van der Waals surface area (Å²) in [5.41, 5.74) is 5.02. The van der Waals surface area contributed by atoms with Gasteiger partial charge in [-0.05, 0) is 25.4 Å². The fourth-order valence-corrected chi connectivity index (χ4v) is 1.27. The van der Waals surface area contributed by atoms with Gasteiger partial charge in [0, 0.05) is 6.42 Å². The summed E-state index contributed by atoms with van der Waals surface area (Å²) in [7, 11) is 0. The number of primary amides is 1. The van der Waals surface area contributed by atoms with Gasteiger partial charge in [-0.1, -0.05) is 26.7 Å². The molecule has 13 heavy (non-hydrogen) atoms. The van der Waals surface area contributed by atoms with Crippen LogP contribution in [0.15, 0.2) is 0 Å². The zero-order valence-corrected chi connectivity index (χ0v) is 8.81. The Morgan fingerprint density at radius 2 is 2.00 bits per heavy atom. The fraction of sp³-hybridized carbons (Fsp3) is 0.900. The molecule has 3 heteroatoms. The van der Waals surface area contributed by atoms with Gasteiger partial charge in [0.1, 0.15) is 0 Å². The van der Waals surface area contributed by atoms with Crippen LogP contribution in [0.5, 0.6) is 0 Å². The monoisotopic (exact) mass is 186 g/mol. The van der Waals surface area contributed by atoms with Crippen molar-refractivity contribution in [1.29, 1.82) is 0 Å². The highest BCUT2D eigenvalue weighted by molar-refractivity contribution is 5.73. The Morgan fingerprint density at radius 1 is 1.38 bits per heavy atom. The van der Waals surface area contributed by atoms with Crippen molar-refractivity contribution in [3.05, 3.63) is 0 Å². The van der Waals surface area contributed by atoms with Gasteiger partial charge in [-0.3, -0.25) is 4.79 Å². The van der Waals surface area contributed by atoms with Crippen LogP contribution in [-0.4, -0.2) is 19.0 Å². The Morgan fingerprint density at radius 3 is 2.46 bits per heavy atom. The summed E-state index contributed by atoms with van der Waals surface area (Å²) in [5, 5.41) is 3.33. The highest BCUT2D eigenvalue weighted by atomic mass is 16.1. The maximum absolute atomic E-state index is 10.4. The molecule has 0 aliphatic carbocycles. The van der Waals surface area contributed by atoms with Crippen molar-refractivity contribution >= 4 is 5.91 Å². The van der Waals surface area contributed by atoms with Gasteiger partial charge in [-0.15, -0.1) is 0 Å². The molecule has 0 saturated heterocycles. The standard InChI is InChI=1S/C10H22N2O/c1-3-9(4-2)8-12-7-5-6-10(11)13/h9,12H,3-8H2,1-2H3,(H2,11,13). The summed E-state index contributed by atoms with van der Waals surface area (Å²) >= 11 is 0. The van der Waals surface area contributed by atoms with E-state index in [9.17, 15) is 4.79 Å². The van der Waals surface area contributed by atoms with Crippen LogP contribution in [0.2, 0.25) is 0 Å². The minimum atomic E-state index is -0.204. The molecule has 3 N–H and O–H groups in total. The summed E-state index contributed by atoms with van der Waals surface area (Å²) < 4.78 is 0. The number of carbonyl (C=O) groups is 1. The van der Waals surface area contributed by atoms with E-state index in [1.165, 1.54) is 12.8 Å². The number of amides is 1. The van der Waals surface area contributed by atoms with E-state index in [1.807, 2.05) is 0 Å². The van der Waals surface area contributed by atoms with Crippen molar-refractivity contribution in [3.63, 3.8) is 0 Å². The average molecular weight is 186 g/mol. The lowest BCUT2D eigenvalue weighted by Gasteiger charge is -2.12. The van der Waals surface area contributed by atoms with E-state index in [4.69, 9.17) is 5.73 Å². The van der Waals surface area contributed by atoms with E-state index in [2.05, 4.69) is 19.2 Å². The SMILES string of the molecule is CCC(CC)CNCCCC(N)=O. The number of rotatable bonds is 8. The van der Waals surface area contributed by atoms with Gasteiger partial charge in [0.15, 0.2) is 0 Å². The quantitative estimate of drug-likeness (QED) is 0.561. The van der Waals surface area contributed by atoms with E-state index in [1.54, 1.807) is 0 Å². The predicted octanol–water partition coefficient (Wildman–Crippen LogP) is 1.28. The zero-order chi connectivity index (χ0) is 10.1. The Bertz CT molecular complexity index is 133. The normalized spacial score (nSPS) is 10.7. The molecule has 0 aromatic carbocycles. The van der Waals surface area contributed by atoms with Gasteiger partial charge >= 0.3 is 0 Å². The van der Waals surface area contributed by atoms with Crippen LogP contribution in [0.4, 0.5) is 0 Å². The molecular formula is C10H22N2O. The summed E-state index contributed by atoms with van der Waals surface area (Å²) in [5.74, 6) is 0.568. The second kappa shape index (κ2) is 8.05. The number of nitrogens with one attached hydrogen (secondary N) is 1. The highest BCUT2D eigenvalue weighted by Crippen LogP contribution is 2.04. The van der Waals surface area contributed by atoms with Crippen molar-refractivity contribution in [2.75, 3.05) is 13.1 Å². The van der Waals surface area contributed by atoms with Crippen molar-refractivity contribution in [3.8, 4) is 0 Å². The Labute approximate surface area is 81.1 Å². The first-order chi connectivity index (χ1) is 6.20. The van der Waals surface area contributed by atoms with Gasteiger partial charge in [0.05, 0.1) is 0 Å². The summed E-state index contributed by atoms with van der Waals surface area (Å²) in [4.78, 5) is 10.4. The van der Waals surface area contributed by atoms with Gasteiger partial charge < -0.3 is 11.1 Å². The maximum Gasteiger partial charge on any atom is 0.217 e. The molecular weight excluding hydrogens is 164 g/mol. The van der Waals surface area contributed by atoms with Crippen molar-refractivity contribution < 1.29 is 4.79 Å². The van der Waals surface area contributed by atoms with Crippen molar-refractivity contribution in [1.82, 2.24) is 5.32 Å². The lowest BCUT2D eigenvalue weighted by Crippen LogP contribution is -2.24. The number of hydrogen-bond acceptors (Lipinski definition) is 2. The second-order valence-corrected chi connectivity index (χ2v) is 3.46. The molecule has 0 aliphatic heterocycles. The molecule has 0 atom stereocenters. The molecule has 0 heterocycles. The molecule has 1 amide bonds. The van der Waals surface area contributed by atoms with E-state index in [0.29, 0.717) is 6.42 Å². The van der Waals surface area contributed by atoms with E-state index in [-0.39, 0.29) is 5.91 Å². The first kappa shape index (κ1) is 12.4. The first-order valence-corrected chi connectivity index (χ1v) is 5.19. The van der Waals surface area contributed by atoms with Crippen LogP contribution in [0.25, 0.3) is 0 Å². The molecule has 0 aromatic heterocycles. The smallest absolute Gasteiger partial charge is 0.217 e. The Balaban J connectivity index is 3.19. The highest BCUT2D eigenvalue weighted by Gasteiger charge is 2.01. The van der Waals surface area contributed by atoms with Gasteiger partial charge in [-0.2, -0.15) is 0 Å². The topological polar surface area (TPSA) is 55.1 Å². The zero-order valence-electron chi connectivity index (χ0n) is 8.81. The van der Waals surface area contributed by atoms with Crippen LogP contribution in [0.3, 0.4) is 0 Å². The van der Waals surface area contributed by atoms with Gasteiger partial charge in [0.2, 0.25) is 5.91 Å². The third kappa shape index (κ3) is 7.78. The largest absolute Gasteiger partial charge is 0.370 e. The molecule has 0 radical (unpaired) electrons. The number of nitrogens with two attached hydrogens (primary N) is 1. The third-order valence-corrected chi connectivity index (χ3v) is 2.36. The van der Waals surface area contributed by atoms with Crippen molar-refractivity contribution in [2.24, 2.45) is 11.7 Å². The Hall–Kier alpha value is -0.570. The fourth-order valence-electron chi connectivity index (χ4n) is 1.27. The second-order valence-electron chi connectivity index (χ2n) is 3.46. The molecule has 0 saturated carbocycles. The van der Waals surface area contributed by atoms with Crippen LogP contribution in [0.1, 0.15) is 39.5 Å². The molecule has 0 aliphatic rings. The molecule has 0 rings (SSSR count). The lowest BCUT2D eigenvalue weighted by atomic mass is 10.0. The van der Waals surface area contributed by atoms with E-state index < -0.39 is 0 Å². The summed E-state index contributed by atoms with van der Waals surface area (Å²) in [6.45, 7) is 6.38. The predicted molar refractivity (Wildman–Crippen MR) is 55.4 cm³/mol. The molecule has 0 fully saturated rings. The lowest BCUT2D eigenvalue weighted by molar-refractivity contribution is -0.118. The molecule has 0 spiro atoms. The van der Waals surface area contributed by atoms with Crippen LogP contribution >= 0.6 is 0 Å². The Kier molecular flexibility index (Phi) is 7.69. The summed E-state index contributed by atoms with van der Waals surface area (Å²) in [6, 6.07) is 0. The number of carbonyl (C=O) groups excluding carboxylic acids is 1. The minimum Gasteiger partial charge on any atom is -0.370 e. The third-order valence-electron chi connectivity index (χ3n) is 2.36. The molecule has 78 valence electrons. The summed E-state index contributed by atoms with van der Waals surface area (Å²) in [6.07, 6.45) is 3.80. The van der Waals surface area contributed by atoms with E-state index in [0.717, 1.165) is 25.4 Å². The van der Waals surface area contributed by atoms with Crippen LogP contribution in [0, 0.1) is 5.92 Å². The van der Waals surface area contributed by atoms with E-state index >= 15 is 0 Å². The molecule has 0 aromatic rings. The maximum atomic E-state index is 10.4. The number of hydrogen-bond donors (Lipinski definition) is 2. The van der Waals surface area contributed by atoms with Gasteiger partial charge in [-0.25, -0.2) is 0 Å². The van der Waals surface area contributed by atoms with Gasteiger partial charge in [0.25, 0.3) is 0 Å². The minimum absolute atomic E-state index is 0.204. The first-order valence-electron chi connectivity index (χ1n) is 5.19. The van der Waals surface area contributed by atoms with Crippen molar-refractivity contribution in [2.45, 2.75) is 39.5 Å². The molecule has 0 bridgehead atoms. The van der Waals surface area contributed by atoms with Crippen LogP contribution in [-0.2, 0) is 4.79 Å². The van der Waals surface area contributed by atoms with Crippen LogP contribution < -0.4 is 11.1 Å². The molecule has 0 unspecified atom stereocenters. The average Bonchev–Trinajstić information content (AvgIpc) is 2.11.